The lowest BCUT2D eigenvalue weighted by atomic mass is 9.92. The third kappa shape index (κ3) is 3.59. The minimum Gasteiger partial charge on any atom is -0.491 e. The predicted octanol–water partition coefficient (Wildman–Crippen LogP) is 1.77. The SMILES string of the molecule is Cc1nn(C)cc1C(=O)N1CCC(O)(COc2ccccc2)CC1. The highest BCUT2D eigenvalue weighted by atomic mass is 16.5. The molecule has 0 unspecified atom stereocenters. The summed E-state index contributed by atoms with van der Waals surface area (Å²) in [4.78, 5) is 14.4. The van der Waals surface area contributed by atoms with Crippen LogP contribution in [0.1, 0.15) is 28.9 Å². The van der Waals surface area contributed by atoms with Gasteiger partial charge >= 0.3 is 0 Å². The standard InChI is InChI=1S/C18H23N3O3/c1-14-16(12-20(2)19-14)17(22)21-10-8-18(23,9-11-21)13-24-15-6-4-3-5-7-15/h3-7,12,23H,8-11,13H2,1-2H3. The second-order valence-electron chi connectivity index (χ2n) is 6.42. The van der Waals surface area contributed by atoms with Gasteiger partial charge in [0.25, 0.3) is 5.91 Å². The molecule has 6 nitrogen and oxygen atoms in total. The maximum absolute atomic E-state index is 12.6. The van der Waals surface area contributed by atoms with Gasteiger partial charge in [0.2, 0.25) is 0 Å². The zero-order chi connectivity index (χ0) is 17.2. The molecule has 1 aromatic carbocycles. The summed E-state index contributed by atoms with van der Waals surface area (Å²) in [6, 6.07) is 9.46. The first-order valence-electron chi connectivity index (χ1n) is 8.17. The van der Waals surface area contributed by atoms with Gasteiger partial charge in [-0.25, -0.2) is 0 Å². The first-order chi connectivity index (χ1) is 11.5. The van der Waals surface area contributed by atoms with E-state index in [0.717, 1.165) is 11.4 Å². The molecule has 128 valence electrons. The number of rotatable bonds is 4. The van der Waals surface area contributed by atoms with Crippen LogP contribution in [0.4, 0.5) is 0 Å². The Bertz CT molecular complexity index is 704. The smallest absolute Gasteiger partial charge is 0.257 e. The molecule has 1 fully saturated rings. The van der Waals surface area contributed by atoms with Crippen LogP contribution in [-0.2, 0) is 7.05 Å². The first-order valence-corrected chi connectivity index (χ1v) is 8.17. The average molecular weight is 329 g/mol. The first kappa shape index (κ1) is 16.5. The summed E-state index contributed by atoms with van der Waals surface area (Å²) >= 11 is 0. The summed E-state index contributed by atoms with van der Waals surface area (Å²) in [6.07, 6.45) is 2.76. The number of ether oxygens (including phenoxy) is 1. The lowest BCUT2D eigenvalue weighted by molar-refractivity contribution is -0.0475. The summed E-state index contributed by atoms with van der Waals surface area (Å²) in [7, 11) is 1.81. The third-order valence-corrected chi connectivity index (χ3v) is 4.48. The molecule has 1 amide bonds. The van der Waals surface area contributed by atoms with Crippen LogP contribution in [0.5, 0.6) is 5.75 Å². The van der Waals surface area contributed by atoms with Crippen molar-refractivity contribution >= 4 is 5.91 Å². The normalized spacial score (nSPS) is 16.9. The lowest BCUT2D eigenvalue weighted by Gasteiger charge is -2.37. The number of amides is 1. The second-order valence-corrected chi connectivity index (χ2v) is 6.42. The molecule has 2 aromatic rings. The van der Waals surface area contributed by atoms with Crippen molar-refractivity contribution in [2.75, 3.05) is 19.7 Å². The van der Waals surface area contributed by atoms with Crippen LogP contribution >= 0.6 is 0 Å². The van der Waals surface area contributed by atoms with Crippen LogP contribution in [0.15, 0.2) is 36.5 Å². The van der Waals surface area contributed by atoms with Gasteiger partial charge in [0.05, 0.1) is 11.3 Å². The molecule has 1 aliphatic rings. The number of piperidine rings is 1. The Morgan fingerprint density at radius 3 is 2.54 bits per heavy atom. The number of likely N-dealkylation sites (tertiary alicyclic amines) is 1. The van der Waals surface area contributed by atoms with Crippen molar-refractivity contribution in [2.45, 2.75) is 25.4 Å². The fourth-order valence-corrected chi connectivity index (χ4v) is 2.98. The Morgan fingerprint density at radius 2 is 1.96 bits per heavy atom. The zero-order valence-corrected chi connectivity index (χ0v) is 14.1. The fraction of sp³-hybridized carbons (Fsp3) is 0.444. The van der Waals surface area contributed by atoms with Crippen LogP contribution in [0, 0.1) is 6.92 Å². The number of aryl methyl sites for hydroxylation is 2. The van der Waals surface area contributed by atoms with Crippen molar-refractivity contribution in [1.29, 1.82) is 0 Å². The molecule has 0 atom stereocenters. The number of benzene rings is 1. The van der Waals surface area contributed by atoms with E-state index in [-0.39, 0.29) is 12.5 Å². The molecule has 1 saturated heterocycles. The predicted molar refractivity (Wildman–Crippen MR) is 90.0 cm³/mol. The van der Waals surface area contributed by atoms with E-state index in [1.165, 1.54) is 0 Å². The summed E-state index contributed by atoms with van der Waals surface area (Å²) in [5, 5.41) is 14.9. The third-order valence-electron chi connectivity index (χ3n) is 4.48. The van der Waals surface area contributed by atoms with Crippen molar-refractivity contribution in [3.63, 3.8) is 0 Å². The Balaban J connectivity index is 1.56. The van der Waals surface area contributed by atoms with E-state index in [9.17, 15) is 9.90 Å². The minimum absolute atomic E-state index is 0.0216. The van der Waals surface area contributed by atoms with Gasteiger partial charge in [0.1, 0.15) is 18.0 Å². The van der Waals surface area contributed by atoms with E-state index in [1.54, 1.807) is 22.8 Å². The van der Waals surface area contributed by atoms with E-state index in [1.807, 2.05) is 37.3 Å². The van der Waals surface area contributed by atoms with E-state index in [2.05, 4.69) is 5.10 Å². The number of para-hydroxylation sites is 1. The molecule has 2 heterocycles. The molecular formula is C18H23N3O3. The Hall–Kier alpha value is -2.34. The highest BCUT2D eigenvalue weighted by molar-refractivity contribution is 5.95. The van der Waals surface area contributed by atoms with Gasteiger partial charge in [-0.2, -0.15) is 5.10 Å². The molecule has 0 bridgehead atoms. The summed E-state index contributed by atoms with van der Waals surface area (Å²) < 4.78 is 7.33. The number of aliphatic hydroxyl groups is 1. The maximum Gasteiger partial charge on any atom is 0.257 e. The van der Waals surface area contributed by atoms with E-state index in [0.29, 0.717) is 31.5 Å². The number of hydrogen-bond donors (Lipinski definition) is 1. The molecule has 0 saturated carbocycles. The Kier molecular flexibility index (Phi) is 4.57. The largest absolute Gasteiger partial charge is 0.491 e. The number of carbonyl (C=O) groups is 1. The van der Waals surface area contributed by atoms with Crippen LogP contribution < -0.4 is 4.74 Å². The lowest BCUT2D eigenvalue weighted by Crippen LogP contribution is -2.49. The van der Waals surface area contributed by atoms with Crippen molar-refractivity contribution in [1.82, 2.24) is 14.7 Å². The monoisotopic (exact) mass is 329 g/mol. The van der Waals surface area contributed by atoms with Gasteiger partial charge < -0.3 is 14.7 Å². The highest BCUT2D eigenvalue weighted by Gasteiger charge is 2.35. The topological polar surface area (TPSA) is 67.6 Å². The van der Waals surface area contributed by atoms with Crippen LogP contribution in [0.2, 0.25) is 0 Å². The number of nitrogens with zero attached hydrogens (tertiary/aromatic N) is 3. The summed E-state index contributed by atoms with van der Waals surface area (Å²) in [6.45, 7) is 3.11. The molecule has 1 N–H and O–H groups in total. The van der Waals surface area contributed by atoms with Gasteiger partial charge in [-0.1, -0.05) is 18.2 Å². The fourth-order valence-electron chi connectivity index (χ4n) is 2.98. The Labute approximate surface area is 141 Å². The van der Waals surface area contributed by atoms with Gasteiger partial charge in [0, 0.05) is 26.3 Å². The number of aromatic nitrogens is 2. The van der Waals surface area contributed by atoms with Gasteiger partial charge in [-0.3, -0.25) is 9.48 Å². The van der Waals surface area contributed by atoms with Crippen LogP contribution in [0.3, 0.4) is 0 Å². The second kappa shape index (κ2) is 6.65. The molecule has 0 aliphatic carbocycles. The average Bonchev–Trinajstić information content (AvgIpc) is 2.93. The molecule has 6 heteroatoms. The van der Waals surface area contributed by atoms with Gasteiger partial charge in [-0.05, 0) is 31.9 Å². The van der Waals surface area contributed by atoms with Gasteiger partial charge in [-0.15, -0.1) is 0 Å². The molecule has 24 heavy (non-hydrogen) atoms. The highest BCUT2D eigenvalue weighted by Crippen LogP contribution is 2.25. The van der Waals surface area contributed by atoms with Crippen molar-refractivity contribution < 1.29 is 14.6 Å². The van der Waals surface area contributed by atoms with Crippen molar-refractivity contribution in [3.8, 4) is 5.75 Å². The van der Waals surface area contributed by atoms with E-state index < -0.39 is 5.60 Å². The minimum atomic E-state index is -0.892. The quantitative estimate of drug-likeness (QED) is 0.928. The van der Waals surface area contributed by atoms with Crippen molar-refractivity contribution in [2.24, 2.45) is 7.05 Å². The molecule has 1 aliphatic heterocycles. The molecule has 3 rings (SSSR count). The molecule has 0 spiro atoms. The van der Waals surface area contributed by atoms with Crippen LogP contribution in [-0.4, -0.2) is 51.0 Å². The molecular weight excluding hydrogens is 306 g/mol. The van der Waals surface area contributed by atoms with Crippen LogP contribution in [0.25, 0.3) is 0 Å². The summed E-state index contributed by atoms with van der Waals surface area (Å²) in [5.41, 5.74) is 0.468. The van der Waals surface area contributed by atoms with Crippen molar-refractivity contribution in [3.05, 3.63) is 47.8 Å². The van der Waals surface area contributed by atoms with E-state index in [4.69, 9.17) is 4.74 Å². The molecule has 0 radical (unpaired) electrons. The Morgan fingerprint density at radius 1 is 1.29 bits per heavy atom. The van der Waals surface area contributed by atoms with E-state index >= 15 is 0 Å². The maximum atomic E-state index is 12.6. The summed E-state index contributed by atoms with van der Waals surface area (Å²) in [5.74, 6) is 0.724. The number of hydrogen-bond acceptors (Lipinski definition) is 4. The zero-order valence-electron chi connectivity index (χ0n) is 14.1. The molecule has 1 aromatic heterocycles. The number of carbonyl (C=O) groups excluding carboxylic acids is 1. The van der Waals surface area contributed by atoms with Gasteiger partial charge in [0.15, 0.2) is 0 Å².